The summed E-state index contributed by atoms with van der Waals surface area (Å²) < 4.78 is 0. The highest BCUT2D eigenvalue weighted by molar-refractivity contribution is 6.05. The van der Waals surface area contributed by atoms with Crippen LogP contribution in [-0.2, 0) is 20.8 Å². The SMILES string of the molecule is NOC(=O)[C@](Cc1ccccc1)(C(=O)CCCCCOn1nnc2ccccc21)C(c1ccccc1)c1ccccc1. The van der Waals surface area contributed by atoms with Gasteiger partial charge in [0.05, 0.1) is 0 Å². The third kappa shape index (κ3) is 6.24. The highest BCUT2D eigenvalue weighted by Gasteiger charge is 2.53. The van der Waals surface area contributed by atoms with E-state index in [1.165, 1.54) is 4.85 Å². The fourth-order valence-corrected chi connectivity index (χ4v) is 5.62. The van der Waals surface area contributed by atoms with Gasteiger partial charge < -0.3 is 9.68 Å². The molecule has 0 aliphatic heterocycles. The van der Waals surface area contributed by atoms with Crippen LogP contribution in [0.5, 0.6) is 0 Å². The highest BCUT2D eigenvalue weighted by Crippen LogP contribution is 2.46. The number of carbonyl (C=O) groups is 2. The number of ketones is 1. The van der Waals surface area contributed by atoms with Crippen molar-refractivity contribution in [2.45, 2.75) is 38.0 Å². The van der Waals surface area contributed by atoms with Crippen LogP contribution < -0.4 is 10.7 Å². The van der Waals surface area contributed by atoms with Crippen LogP contribution in [-0.4, -0.2) is 33.5 Å². The molecule has 42 heavy (non-hydrogen) atoms. The standard InChI is InChI=1S/C34H34N4O4/c35-42-33(40)34(25-26-15-5-1-6-16-26,32(27-17-7-2-8-18-27)28-19-9-3-10-20-28)31(39)23-11-4-14-24-41-38-30-22-13-12-21-29(30)36-37-38/h1-3,5-10,12-13,15-22,32H,4,11,14,23-25,35H2/t34-/m1/s1. The Labute approximate surface area is 245 Å². The van der Waals surface area contributed by atoms with Crippen LogP contribution in [0.1, 0.15) is 48.3 Å². The van der Waals surface area contributed by atoms with E-state index in [-0.39, 0.29) is 18.6 Å². The van der Waals surface area contributed by atoms with Gasteiger partial charge in [-0.2, -0.15) is 5.90 Å². The van der Waals surface area contributed by atoms with E-state index in [1.54, 1.807) is 0 Å². The Bertz CT molecular complexity index is 1550. The highest BCUT2D eigenvalue weighted by atomic mass is 16.7. The van der Waals surface area contributed by atoms with Gasteiger partial charge in [0.15, 0.2) is 5.78 Å². The van der Waals surface area contributed by atoms with E-state index in [0.29, 0.717) is 19.4 Å². The molecule has 8 heteroatoms. The van der Waals surface area contributed by atoms with Gasteiger partial charge in [-0.3, -0.25) is 4.79 Å². The lowest BCUT2D eigenvalue weighted by atomic mass is 9.62. The normalized spacial score (nSPS) is 12.6. The lowest BCUT2D eigenvalue weighted by Gasteiger charge is -2.38. The van der Waals surface area contributed by atoms with Crippen molar-refractivity contribution in [1.82, 2.24) is 15.2 Å². The van der Waals surface area contributed by atoms with E-state index in [9.17, 15) is 9.59 Å². The van der Waals surface area contributed by atoms with Gasteiger partial charge in [-0.25, -0.2) is 4.79 Å². The molecule has 214 valence electrons. The quantitative estimate of drug-likeness (QED) is 0.109. The number of hydrogen-bond donors (Lipinski definition) is 1. The number of nitrogens with zero attached hydrogens (tertiary/aromatic N) is 3. The molecule has 0 saturated carbocycles. The molecule has 5 rings (SSSR count). The molecule has 1 aromatic heterocycles. The lowest BCUT2D eigenvalue weighted by molar-refractivity contribution is -0.162. The van der Waals surface area contributed by atoms with Crippen LogP contribution in [0, 0.1) is 5.41 Å². The van der Waals surface area contributed by atoms with Crippen molar-refractivity contribution < 1.29 is 19.3 Å². The smallest absolute Gasteiger partial charge is 0.339 e. The Morgan fingerprint density at radius 3 is 2.00 bits per heavy atom. The second-order valence-electron chi connectivity index (χ2n) is 10.3. The number of aromatic nitrogens is 3. The van der Waals surface area contributed by atoms with E-state index in [1.807, 2.05) is 115 Å². The first-order chi connectivity index (χ1) is 20.6. The van der Waals surface area contributed by atoms with Gasteiger partial charge in [-0.15, -0.1) is 5.10 Å². The maximum atomic E-state index is 14.4. The van der Waals surface area contributed by atoms with E-state index >= 15 is 0 Å². The summed E-state index contributed by atoms with van der Waals surface area (Å²) in [6.07, 6.45) is 2.34. The van der Waals surface area contributed by atoms with Crippen LogP contribution in [0.15, 0.2) is 115 Å². The fraction of sp³-hybridized carbons (Fsp3) is 0.235. The molecular formula is C34H34N4O4. The average Bonchev–Trinajstić information content (AvgIpc) is 3.46. The second-order valence-corrected chi connectivity index (χ2v) is 10.3. The maximum absolute atomic E-state index is 14.4. The molecule has 0 bridgehead atoms. The summed E-state index contributed by atoms with van der Waals surface area (Å²) in [5.74, 6) is 4.04. The number of para-hydroxylation sites is 1. The Hall–Kier alpha value is -4.82. The average molecular weight is 563 g/mol. The summed E-state index contributed by atoms with van der Waals surface area (Å²) in [6, 6.07) is 36.4. The number of nitrogens with two attached hydrogens (primary N) is 1. The zero-order chi connectivity index (χ0) is 29.2. The summed E-state index contributed by atoms with van der Waals surface area (Å²) in [5, 5.41) is 8.15. The third-order valence-corrected chi connectivity index (χ3v) is 7.64. The van der Waals surface area contributed by atoms with Gasteiger partial charge in [-0.05, 0) is 59.7 Å². The van der Waals surface area contributed by atoms with Gasteiger partial charge in [0.25, 0.3) is 0 Å². The minimum atomic E-state index is -1.57. The zero-order valence-corrected chi connectivity index (χ0v) is 23.3. The van der Waals surface area contributed by atoms with Gasteiger partial charge >= 0.3 is 5.97 Å². The van der Waals surface area contributed by atoms with E-state index in [0.717, 1.165) is 34.1 Å². The molecular weight excluding hydrogens is 528 g/mol. The van der Waals surface area contributed by atoms with Gasteiger partial charge in [0.1, 0.15) is 23.1 Å². The molecule has 0 amide bonds. The number of benzene rings is 4. The summed E-state index contributed by atoms with van der Waals surface area (Å²) in [7, 11) is 0. The minimum absolute atomic E-state index is 0.152. The topological polar surface area (TPSA) is 109 Å². The predicted molar refractivity (Wildman–Crippen MR) is 160 cm³/mol. The Kier molecular flexibility index (Phi) is 9.36. The van der Waals surface area contributed by atoms with Crippen LogP contribution in [0.4, 0.5) is 0 Å². The molecule has 2 N–H and O–H groups in total. The van der Waals surface area contributed by atoms with Gasteiger partial charge in [-0.1, -0.05) is 108 Å². The molecule has 0 radical (unpaired) electrons. The van der Waals surface area contributed by atoms with Gasteiger partial charge in [0, 0.05) is 12.3 Å². The molecule has 0 fully saturated rings. The van der Waals surface area contributed by atoms with Crippen molar-refractivity contribution in [1.29, 1.82) is 0 Å². The molecule has 4 aromatic carbocycles. The van der Waals surface area contributed by atoms with Crippen molar-refractivity contribution in [2.24, 2.45) is 11.3 Å². The molecule has 0 saturated heterocycles. The first-order valence-corrected chi connectivity index (χ1v) is 14.2. The molecule has 8 nitrogen and oxygen atoms in total. The summed E-state index contributed by atoms with van der Waals surface area (Å²) in [4.78, 5) is 40.4. The first kappa shape index (κ1) is 28.7. The van der Waals surface area contributed by atoms with Crippen molar-refractivity contribution >= 4 is 22.8 Å². The first-order valence-electron chi connectivity index (χ1n) is 14.2. The Balaban J connectivity index is 1.38. The third-order valence-electron chi connectivity index (χ3n) is 7.64. The van der Waals surface area contributed by atoms with Crippen LogP contribution in [0.2, 0.25) is 0 Å². The molecule has 1 atom stereocenters. The minimum Gasteiger partial charge on any atom is -0.395 e. The molecule has 0 unspecified atom stereocenters. The monoisotopic (exact) mass is 562 g/mol. The van der Waals surface area contributed by atoms with Crippen molar-refractivity contribution in [3.8, 4) is 0 Å². The van der Waals surface area contributed by atoms with Gasteiger partial charge in [0.2, 0.25) is 0 Å². The maximum Gasteiger partial charge on any atom is 0.339 e. The fourth-order valence-electron chi connectivity index (χ4n) is 5.62. The molecule has 0 spiro atoms. The molecule has 5 aromatic rings. The Morgan fingerprint density at radius 2 is 1.36 bits per heavy atom. The number of hydrogen-bond acceptors (Lipinski definition) is 7. The lowest BCUT2D eigenvalue weighted by Crippen LogP contribution is -2.48. The van der Waals surface area contributed by atoms with Crippen molar-refractivity contribution in [2.75, 3.05) is 6.61 Å². The van der Waals surface area contributed by atoms with Crippen LogP contribution in [0.3, 0.4) is 0 Å². The number of carbonyl (C=O) groups excluding carboxylic acids is 2. The second kappa shape index (κ2) is 13.7. The van der Waals surface area contributed by atoms with Crippen LogP contribution in [0.25, 0.3) is 11.0 Å². The Morgan fingerprint density at radius 1 is 0.762 bits per heavy atom. The summed E-state index contributed by atoms with van der Waals surface area (Å²) in [6.45, 7) is 0.415. The number of rotatable bonds is 14. The van der Waals surface area contributed by atoms with E-state index in [4.69, 9.17) is 15.6 Å². The van der Waals surface area contributed by atoms with Crippen molar-refractivity contribution in [3.63, 3.8) is 0 Å². The summed E-state index contributed by atoms with van der Waals surface area (Å²) >= 11 is 0. The zero-order valence-electron chi connectivity index (χ0n) is 23.3. The number of Topliss-reactive ketones (excluding diaryl/α,β-unsaturated/α-hetero) is 1. The van der Waals surface area contributed by atoms with E-state index in [2.05, 4.69) is 10.3 Å². The number of unbranched alkanes of at least 4 members (excludes halogenated alkanes) is 2. The van der Waals surface area contributed by atoms with Crippen molar-refractivity contribution in [3.05, 3.63) is 132 Å². The number of fused-ring (bicyclic) bond motifs is 1. The summed E-state index contributed by atoms with van der Waals surface area (Å²) in [5.41, 5.74) is 2.51. The largest absolute Gasteiger partial charge is 0.395 e. The van der Waals surface area contributed by atoms with Crippen LogP contribution >= 0.6 is 0 Å². The molecule has 0 aliphatic rings. The molecule has 1 heterocycles. The van der Waals surface area contributed by atoms with E-state index < -0.39 is 17.3 Å². The molecule has 0 aliphatic carbocycles. The predicted octanol–water partition coefficient (Wildman–Crippen LogP) is 5.47.